The van der Waals surface area contributed by atoms with Gasteiger partial charge >= 0.3 is 5.97 Å². The first kappa shape index (κ1) is 14.5. The van der Waals surface area contributed by atoms with Gasteiger partial charge < -0.3 is 5.11 Å². The van der Waals surface area contributed by atoms with Gasteiger partial charge in [0.05, 0.1) is 11.3 Å². The molecule has 0 saturated carbocycles. The van der Waals surface area contributed by atoms with Gasteiger partial charge in [0, 0.05) is 5.56 Å². The summed E-state index contributed by atoms with van der Waals surface area (Å²) in [5, 5.41) is 26.3. The highest BCUT2D eigenvalue weighted by molar-refractivity contribution is 5.87. The second kappa shape index (κ2) is 5.73. The fourth-order valence-electron chi connectivity index (χ4n) is 2.36. The van der Waals surface area contributed by atoms with Gasteiger partial charge in [-0.15, -0.1) is 5.10 Å². The Hall–Kier alpha value is -3.46. The van der Waals surface area contributed by atoms with Crippen molar-refractivity contribution in [1.29, 1.82) is 5.26 Å². The number of carbonyl (C=O) groups is 1. The molecule has 0 aliphatic heterocycles. The topological polar surface area (TPSA) is 91.8 Å². The van der Waals surface area contributed by atoms with Crippen molar-refractivity contribution < 1.29 is 9.90 Å². The van der Waals surface area contributed by atoms with Crippen LogP contribution < -0.4 is 0 Å². The van der Waals surface area contributed by atoms with E-state index in [-0.39, 0.29) is 11.3 Å². The Morgan fingerprint density at radius 3 is 2.48 bits per heavy atom. The molecular weight excluding hydrogens is 292 g/mol. The molecule has 1 N–H and O–H groups in total. The van der Waals surface area contributed by atoms with Crippen molar-refractivity contribution in [2.75, 3.05) is 0 Å². The predicted molar refractivity (Wildman–Crippen MR) is 83.2 cm³/mol. The number of nitriles is 1. The number of benzene rings is 2. The minimum atomic E-state index is -0.994. The molecule has 0 atom stereocenters. The standard InChI is InChI=1S/C17H12N4O2/c1-11-4-2-3-5-14(11)16-15(10-18)19-20-21(16)13-8-6-12(7-9-13)17(22)23/h2-9H,1H3,(H,22,23). The molecule has 0 unspecified atom stereocenters. The lowest BCUT2D eigenvalue weighted by atomic mass is 10.0. The van der Waals surface area contributed by atoms with E-state index in [9.17, 15) is 10.1 Å². The van der Waals surface area contributed by atoms with Gasteiger partial charge in [-0.05, 0) is 36.8 Å². The maximum atomic E-state index is 11.0. The first-order valence-electron chi connectivity index (χ1n) is 6.87. The molecule has 2 aromatic carbocycles. The van der Waals surface area contributed by atoms with Crippen molar-refractivity contribution >= 4 is 5.97 Å². The number of rotatable bonds is 3. The largest absolute Gasteiger partial charge is 0.478 e. The molecule has 112 valence electrons. The van der Waals surface area contributed by atoms with Crippen molar-refractivity contribution in [2.45, 2.75) is 6.92 Å². The average molecular weight is 304 g/mol. The summed E-state index contributed by atoms with van der Waals surface area (Å²) in [6, 6.07) is 16.0. The normalized spacial score (nSPS) is 10.3. The summed E-state index contributed by atoms with van der Waals surface area (Å²) < 4.78 is 1.55. The van der Waals surface area contributed by atoms with E-state index in [0.29, 0.717) is 11.4 Å². The first-order chi connectivity index (χ1) is 11.1. The van der Waals surface area contributed by atoms with E-state index in [4.69, 9.17) is 5.11 Å². The second-order valence-corrected chi connectivity index (χ2v) is 4.98. The maximum absolute atomic E-state index is 11.0. The van der Waals surface area contributed by atoms with Crippen molar-refractivity contribution in [2.24, 2.45) is 0 Å². The Morgan fingerprint density at radius 2 is 1.87 bits per heavy atom. The van der Waals surface area contributed by atoms with Gasteiger partial charge in [0.2, 0.25) is 0 Å². The lowest BCUT2D eigenvalue weighted by Gasteiger charge is -2.09. The Kier molecular flexibility index (Phi) is 3.61. The number of hydrogen-bond donors (Lipinski definition) is 1. The minimum absolute atomic E-state index is 0.187. The van der Waals surface area contributed by atoms with Gasteiger partial charge in [0.25, 0.3) is 0 Å². The first-order valence-corrected chi connectivity index (χ1v) is 6.87. The molecule has 6 nitrogen and oxygen atoms in total. The van der Waals surface area contributed by atoms with Crippen LogP contribution in [-0.2, 0) is 0 Å². The van der Waals surface area contributed by atoms with Gasteiger partial charge in [-0.25, -0.2) is 9.48 Å². The Morgan fingerprint density at radius 1 is 1.17 bits per heavy atom. The van der Waals surface area contributed by atoms with Crippen LogP contribution >= 0.6 is 0 Å². The predicted octanol–water partition coefficient (Wildman–Crippen LogP) is 2.81. The number of aromatic nitrogens is 3. The molecule has 0 saturated heterocycles. The molecule has 0 fully saturated rings. The van der Waals surface area contributed by atoms with E-state index in [1.165, 1.54) is 12.1 Å². The number of aryl methyl sites for hydroxylation is 1. The fourth-order valence-corrected chi connectivity index (χ4v) is 2.36. The summed E-state index contributed by atoms with van der Waals surface area (Å²) >= 11 is 0. The van der Waals surface area contributed by atoms with Crippen LogP contribution in [0.4, 0.5) is 0 Å². The monoisotopic (exact) mass is 304 g/mol. The molecule has 6 heteroatoms. The van der Waals surface area contributed by atoms with E-state index >= 15 is 0 Å². The second-order valence-electron chi connectivity index (χ2n) is 4.98. The molecule has 0 radical (unpaired) electrons. The SMILES string of the molecule is Cc1ccccc1-c1c(C#N)nnn1-c1ccc(C(=O)O)cc1. The molecule has 0 bridgehead atoms. The zero-order chi connectivity index (χ0) is 16.4. The van der Waals surface area contributed by atoms with Crippen molar-refractivity contribution in [3.8, 4) is 23.0 Å². The van der Waals surface area contributed by atoms with Gasteiger partial charge in [-0.2, -0.15) is 5.26 Å². The van der Waals surface area contributed by atoms with Crippen LogP contribution in [0.3, 0.4) is 0 Å². The number of aromatic carboxylic acids is 1. The maximum Gasteiger partial charge on any atom is 0.335 e. The molecule has 0 aliphatic carbocycles. The van der Waals surface area contributed by atoms with E-state index < -0.39 is 5.97 Å². The smallest absolute Gasteiger partial charge is 0.335 e. The van der Waals surface area contributed by atoms with E-state index in [2.05, 4.69) is 16.4 Å². The number of carboxylic acid groups (broad SMARTS) is 1. The number of hydrogen-bond acceptors (Lipinski definition) is 4. The average Bonchev–Trinajstić information content (AvgIpc) is 2.99. The molecule has 1 heterocycles. The van der Waals surface area contributed by atoms with Crippen LogP contribution in [0.2, 0.25) is 0 Å². The minimum Gasteiger partial charge on any atom is -0.478 e. The van der Waals surface area contributed by atoms with Crippen LogP contribution in [0.25, 0.3) is 16.9 Å². The summed E-state index contributed by atoms with van der Waals surface area (Å²) in [4.78, 5) is 11.0. The van der Waals surface area contributed by atoms with Crippen LogP contribution in [0, 0.1) is 18.3 Å². The highest BCUT2D eigenvalue weighted by Gasteiger charge is 2.17. The lowest BCUT2D eigenvalue weighted by molar-refractivity contribution is 0.0697. The molecule has 0 amide bonds. The zero-order valence-corrected chi connectivity index (χ0v) is 12.3. The van der Waals surface area contributed by atoms with E-state index in [1.54, 1.807) is 16.8 Å². The zero-order valence-electron chi connectivity index (χ0n) is 12.3. The summed E-state index contributed by atoms with van der Waals surface area (Å²) in [5.41, 5.74) is 3.50. The Labute approximate surface area is 132 Å². The third kappa shape index (κ3) is 2.56. The van der Waals surface area contributed by atoms with Gasteiger partial charge in [-0.3, -0.25) is 0 Å². The molecule has 23 heavy (non-hydrogen) atoms. The third-order valence-electron chi connectivity index (χ3n) is 3.54. The summed E-state index contributed by atoms with van der Waals surface area (Å²) in [6.07, 6.45) is 0. The molecule has 0 aliphatic rings. The van der Waals surface area contributed by atoms with Gasteiger partial charge in [0.15, 0.2) is 5.69 Å². The highest BCUT2D eigenvalue weighted by atomic mass is 16.4. The number of carboxylic acids is 1. The Balaban J connectivity index is 2.18. The highest BCUT2D eigenvalue weighted by Crippen LogP contribution is 2.27. The van der Waals surface area contributed by atoms with E-state index in [1.807, 2.05) is 31.2 Å². The van der Waals surface area contributed by atoms with Crippen molar-refractivity contribution in [3.63, 3.8) is 0 Å². The molecule has 3 aromatic rings. The Bertz CT molecular complexity index is 921. The molecular formula is C17H12N4O2. The number of nitrogens with zero attached hydrogens (tertiary/aromatic N) is 4. The van der Waals surface area contributed by atoms with Crippen LogP contribution in [0.15, 0.2) is 48.5 Å². The molecule has 3 rings (SSSR count). The third-order valence-corrected chi connectivity index (χ3v) is 3.54. The summed E-state index contributed by atoms with van der Waals surface area (Å²) in [7, 11) is 0. The molecule has 0 spiro atoms. The summed E-state index contributed by atoms with van der Waals surface area (Å²) in [6.45, 7) is 1.95. The van der Waals surface area contributed by atoms with Gasteiger partial charge in [-0.1, -0.05) is 29.5 Å². The quantitative estimate of drug-likeness (QED) is 0.803. The fraction of sp³-hybridized carbons (Fsp3) is 0.0588. The van der Waals surface area contributed by atoms with E-state index in [0.717, 1.165) is 11.1 Å². The van der Waals surface area contributed by atoms with Crippen LogP contribution in [0.1, 0.15) is 21.6 Å². The van der Waals surface area contributed by atoms with Gasteiger partial charge in [0.1, 0.15) is 11.8 Å². The van der Waals surface area contributed by atoms with Crippen molar-refractivity contribution in [3.05, 3.63) is 65.4 Å². The molecule has 1 aromatic heterocycles. The van der Waals surface area contributed by atoms with Crippen LogP contribution in [-0.4, -0.2) is 26.1 Å². The summed E-state index contributed by atoms with van der Waals surface area (Å²) in [5.74, 6) is -0.994. The lowest BCUT2D eigenvalue weighted by Crippen LogP contribution is -2.02. The van der Waals surface area contributed by atoms with Crippen molar-refractivity contribution in [1.82, 2.24) is 15.0 Å². The van der Waals surface area contributed by atoms with Crippen LogP contribution in [0.5, 0.6) is 0 Å².